The zero-order chi connectivity index (χ0) is 20.6. The molecule has 0 spiro atoms. The van der Waals surface area contributed by atoms with Crippen LogP contribution in [0.15, 0.2) is 36.4 Å². The zero-order valence-corrected chi connectivity index (χ0v) is 16.9. The number of likely N-dealkylation sites (tertiary alicyclic amines) is 1. The highest BCUT2D eigenvalue weighted by Crippen LogP contribution is 2.18. The standard InChI is InChI=1S/C21H27N5O3/c1-3-15-7-5-6-8-17(15)23-20(27)18-9-10-19(25-24-18)22-16-11-13-26(14-12-16)21(28)29-4-2/h5-10,16H,3-4,11-14H2,1-2H3,(H,22,25)(H,23,27). The van der Waals surface area contributed by atoms with Crippen molar-refractivity contribution in [1.82, 2.24) is 15.1 Å². The van der Waals surface area contributed by atoms with Crippen molar-refractivity contribution in [2.45, 2.75) is 39.2 Å². The van der Waals surface area contributed by atoms with E-state index in [0.29, 0.717) is 25.5 Å². The molecule has 8 heteroatoms. The molecule has 8 nitrogen and oxygen atoms in total. The van der Waals surface area contributed by atoms with Gasteiger partial charge in [0.25, 0.3) is 5.91 Å². The summed E-state index contributed by atoms with van der Waals surface area (Å²) in [5.41, 5.74) is 2.12. The van der Waals surface area contributed by atoms with Crippen molar-refractivity contribution in [1.29, 1.82) is 0 Å². The smallest absolute Gasteiger partial charge is 0.409 e. The predicted octanol–water partition coefficient (Wildman–Crippen LogP) is 3.32. The highest BCUT2D eigenvalue weighted by molar-refractivity contribution is 6.03. The van der Waals surface area contributed by atoms with Crippen molar-refractivity contribution in [3.8, 4) is 0 Å². The van der Waals surface area contributed by atoms with E-state index in [1.54, 1.807) is 24.0 Å². The number of aromatic nitrogens is 2. The molecule has 1 saturated heterocycles. The summed E-state index contributed by atoms with van der Waals surface area (Å²) < 4.78 is 5.03. The third-order valence-electron chi connectivity index (χ3n) is 4.92. The SMILES string of the molecule is CCOC(=O)N1CCC(Nc2ccc(C(=O)Nc3ccccc3CC)nn2)CC1. The number of hydrogen-bond donors (Lipinski definition) is 2. The van der Waals surface area contributed by atoms with Gasteiger partial charge in [0.2, 0.25) is 0 Å². The summed E-state index contributed by atoms with van der Waals surface area (Å²) >= 11 is 0. The zero-order valence-electron chi connectivity index (χ0n) is 16.9. The minimum absolute atomic E-state index is 0.200. The molecule has 1 aromatic heterocycles. The van der Waals surface area contributed by atoms with Crippen LogP contribution in [0, 0.1) is 0 Å². The van der Waals surface area contributed by atoms with Gasteiger partial charge >= 0.3 is 6.09 Å². The second kappa shape index (κ2) is 9.86. The van der Waals surface area contributed by atoms with Crippen LogP contribution in [-0.2, 0) is 11.2 Å². The number of anilines is 2. The van der Waals surface area contributed by atoms with E-state index in [-0.39, 0.29) is 23.7 Å². The van der Waals surface area contributed by atoms with E-state index in [1.807, 2.05) is 31.2 Å². The number of rotatable bonds is 6. The van der Waals surface area contributed by atoms with Crippen molar-refractivity contribution in [2.24, 2.45) is 0 Å². The molecule has 1 aliphatic heterocycles. The molecular formula is C21H27N5O3. The molecule has 0 radical (unpaired) electrons. The van der Waals surface area contributed by atoms with Gasteiger partial charge in [-0.3, -0.25) is 4.79 Å². The number of piperidine rings is 1. The third kappa shape index (κ3) is 5.43. The first-order valence-corrected chi connectivity index (χ1v) is 10.0. The maximum atomic E-state index is 12.5. The van der Waals surface area contributed by atoms with E-state index >= 15 is 0 Å². The lowest BCUT2D eigenvalue weighted by molar-refractivity contribution is 0.0982. The minimum atomic E-state index is -0.285. The Morgan fingerprint density at radius 2 is 1.86 bits per heavy atom. The molecule has 154 valence electrons. The molecule has 1 fully saturated rings. The molecule has 29 heavy (non-hydrogen) atoms. The number of amides is 2. The van der Waals surface area contributed by atoms with Crippen LogP contribution in [0.1, 0.15) is 42.7 Å². The molecule has 2 aromatic rings. The van der Waals surface area contributed by atoms with Crippen molar-refractivity contribution in [3.05, 3.63) is 47.7 Å². The summed E-state index contributed by atoms with van der Waals surface area (Å²) in [6, 6.07) is 11.3. The summed E-state index contributed by atoms with van der Waals surface area (Å²) in [6.07, 6.45) is 2.18. The van der Waals surface area contributed by atoms with Crippen LogP contribution in [0.5, 0.6) is 0 Å². The van der Waals surface area contributed by atoms with Gasteiger partial charge in [0.05, 0.1) is 6.61 Å². The molecule has 0 atom stereocenters. The van der Waals surface area contributed by atoms with Gasteiger partial charge in [0, 0.05) is 24.8 Å². The Labute approximate surface area is 170 Å². The average Bonchev–Trinajstić information content (AvgIpc) is 2.75. The normalized spacial score (nSPS) is 14.3. The van der Waals surface area contributed by atoms with Crippen molar-refractivity contribution >= 4 is 23.5 Å². The molecule has 1 aromatic carbocycles. The van der Waals surface area contributed by atoms with E-state index in [0.717, 1.165) is 30.5 Å². The van der Waals surface area contributed by atoms with Gasteiger partial charge < -0.3 is 20.3 Å². The van der Waals surface area contributed by atoms with Crippen LogP contribution in [0.25, 0.3) is 0 Å². The molecule has 1 aliphatic rings. The Balaban J connectivity index is 1.53. The maximum absolute atomic E-state index is 12.5. The molecule has 0 bridgehead atoms. The lowest BCUT2D eigenvalue weighted by Crippen LogP contribution is -2.42. The number of aryl methyl sites for hydroxylation is 1. The summed E-state index contributed by atoms with van der Waals surface area (Å²) in [4.78, 5) is 25.9. The van der Waals surface area contributed by atoms with E-state index in [4.69, 9.17) is 4.74 Å². The van der Waals surface area contributed by atoms with Crippen LogP contribution in [0.4, 0.5) is 16.3 Å². The number of nitrogens with one attached hydrogen (secondary N) is 2. The van der Waals surface area contributed by atoms with Gasteiger partial charge in [0.15, 0.2) is 5.69 Å². The van der Waals surface area contributed by atoms with Gasteiger partial charge in [-0.15, -0.1) is 10.2 Å². The minimum Gasteiger partial charge on any atom is -0.450 e. The van der Waals surface area contributed by atoms with Gasteiger partial charge in [-0.05, 0) is 49.9 Å². The quantitative estimate of drug-likeness (QED) is 0.776. The molecule has 2 heterocycles. The van der Waals surface area contributed by atoms with Crippen LogP contribution in [0.3, 0.4) is 0 Å². The number of carbonyl (C=O) groups is 2. The fourth-order valence-electron chi connectivity index (χ4n) is 3.30. The Kier molecular flexibility index (Phi) is 6.99. The number of benzene rings is 1. The van der Waals surface area contributed by atoms with E-state index in [2.05, 4.69) is 20.8 Å². The van der Waals surface area contributed by atoms with Crippen LogP contribution in [-0.4, -0.2) is 52.8 Å². The Morgan fingerprint density at radius 3 is 2.52 bits per heavy atom. The Bertz CT molecular complexity index is 832. The second-order valence-electron chi connectivity index (χ2n) is 6.87. The van der Waals surface area contributed by atoms with Crippen LogP contribution >= 0.6 is 0 Å². The first kappa shape index (κ1) is 20.6. The first-order chi connectivity index (χ1) is 14.1. The van der Waals surface area contributed by atoms with E-state index < -0.39 is 0 Å². The predicted molar refractivity (Wildman–Crippen MR) is 111 cm³/mol. The topological polar surface area (TPSA) is 96.5 Å². The van der Waals surface area contributed by atoms with Gasteiger partial charge in [0.1, 0.15) is 5.82 Å². The third-order valence-corrected chi connectivity index (χ3v) is 4.92. The monoisotopic (exact) mass is 397 g/mol. The van der Waals surface area contributed by atoms with Crippen molar-refractivity contribution in [3.63, 3.8) is 0 Å². The first-order valence-electron chi connectivity index (χ1n) is 10.0. The lowest BCUT2D eigenvalue weighted by Gasteiger charge is -2.31. The second-order valence-corrected chi connectivity index (χ2v) is 6.87. The molecule has 0 unspecified atom stereocenters. The molecule has 3 rings (SSSR count). The molecule has 2 amide bonds. The summed E-state index contributed by atoms with van der Waals surface area (Å²) in [5.74, 6) is 0.331. The maximum Gasteiger partial charge on any atom is 0.409 e. The number of para-hydroxylation sites is 1. The molecule has 0 saturated carbocycles. The van der Waals surface area contributed by atoms with Crippen molar-refractivity contribution in [2.75, 3.05) is 30.3 Å². The fourth-order valence-corrected chi connectivity index (χ4v) is 3.30. The summed E-state index contributed by atoms with van der Waals surface area (Å²) in [5, 5.41) is 14.4. The Hall–Kier alpha value is -3.16. The number of hydrogen-bond acceptors (Lipinski definition) is 6. The lowest BCUT2D eigenvalue weighted by atomic mass is 10.1. The van der Waals surface area contributed by atoms with Crippen LogP contribution in [0.2, 0.25) is 0 Å². The largest absolute Gasteiger partial charge is 0.450 e. The molecule has 0 aliphatic carbocycles. The van der Waals surface area contributed by atoms with E-state index in [1.165, 1.54) is 0 Å². The summed E-state index contributed by atoms with van der Waals surface area (Å²) in [7, 11) is 0. The van der Waals surface area contributed by atoms with Gasteiger partial charge in [-0.2, -0.15) is 0 Å². The van der Waals surface area contributed by atoms with E-state index in [9.17, 15) is 9.59 Å². The Morgan fingerprint density at radius 1 is 1.10 bits per heavy atom. The van der Waals surface area contributed by atoms with Crippen LogP contribution < -0.4 is 10.6 Å². The molecule has 2 N–H and O–H groups in total. The van der Waals surface area contributed by atoms with Gasteiger partial charge in [-0.25, -0.2) is 4.79 Å². The highest BCUT2D eigenvalue weighted by Gasteiger charge is 2.23. The molecular weight excluding hydrogens is 370 g/mol. The summed E-state index contributed by atoms with van der Waals surface area (Å²) in [6.45, 7) is 5.51. The highest BCUT2D eigenvalue weighted by atomic mass is 16.6. The van der Waals surface area contributed by atoms with Gasteiger partial charge in [-0.1, -0.05) is 25.1 Å². The average molecular weight is 397 g/mol. The fraction of sp³-hybridized carbons (Fsp3) is 0.429. The number of ether oxygens (including phenoxy) is 1. The number of carbonyl (C=O) groups excluding carboxylic acids is 2. The number of nitrogens with zero attached hydrogens (tertiary/aromatic N) is 3. The van der Waals surface area contributed by atoms with Crippen molar-refractivity contribution < 1.29 is 14.3 Å².